The van der Waals surface area contributed by atoms with E-state index in [1.807, 2.05) is 49.9 Å². The zero-order valence-corrected chi connectivity index (χ0v) is 28.2. The Hall–Kier alpha value is -2.70. The molecular weight excluding hydrogens is 602 g/mol. The Balaban J connectivity index is 1.41. The fourth-order valence-electron chi connectivity index (χ4n) is 4.93. The Morgan fingerprint density at radius 2 is 1.85 bits per heavy atom. The van der Waals surface area contributed by atoms with Gasteiger partial charge in [0.15, 0.2) is 5.65 Å². The van der Waals surface area contributed by atoms with E-state index in [0.29, 0.717) is 26.4 Å². The van der Waals surface area contributed by atoms with Crippen molar-refractivity contribution in [3.05, 3.63) is 40.8 Å². The first-order chi connectivity index (χ1) is 19.2. The quantitative estimate of drug-likeness (QED) is 0.212. The second-order valence-corrected chi connectivity index (χ2v) is 19.4. The fourth-order valence-corrected chi connectivity index (χ4v) is 6.27. The molecule has 224 valence electrons. The number of carbonyl (C=O) groups excluding carboxylic acids is 1. The van der Waals surface area contributed by atoms with Crippen LogP contribution in [0.4, 0.5) is 16.3 Å². The lowest BCUT2D eigenvalue weighted by Gasteiger charge is -2.45. The number of anilines is 2. The Morgan fingerprint density at radius 3 is 2.51 bits per heavy atom. The maximum atomic E-state index is 12.8. The first kappa shape index (κ1) is 31.2. The largest absolute Gasteiger partial charge is 0.444 e. The molecule has 41 heavy (non-hydrogen) atoms. The summed E-state index contributed by atoms with van der Waals surface area (Å²) in [6, 6.07) is 9.13. The third-order valence-corrected chi connectivity index (χ3v) is 9.16. The minimum atomic E-state index is -1.15. The van der Waals surface area contributed by atoms with Crippen LogP contribution in [0.15, 0.2) is 35.1 Å². The van der Waals surface area contributed by atoms with Crippen molar-refractivity contribution < 1.29 is 14.3 Å². The molecule has 4 rings (SSSR count). The number of ether oxygens (including phenoxy) is 2. The molecule has 3 aromatic rings. The molecule has 4 heterocycles. The van der Waals surface area contributed by atoms with Gasteiger partial charge in [-0.2, -0.15) is 5.10 Å². The van der Waals surface area contributed by atoms with E-state index in [1.165, 1.54) is 0 Å². The van der Waals surface area contributed by atoms with Crippen molar-refractivity contribution in [1.82, 2.24) is 24.6 Å². The van der Waals surface area contributed by atoms with Gasteiger partial charge >= 0.3 is 6.09 Å². The molecule has 2 atom stereocenters. The first-order valence-electron chi connectivity index (χ1n) is 14.3. The standard InChI is InChI=1S/C29H44BrN7O3Si/c1-20-17-35(18-21(2)37(20)28(38)40-29(3,4)5)24-11-9-10-22(33-24)16-32-23-12-13-31-27-25(23)26(30)34-36(27)19-39-14-15-41(6,7)8/h9-13,20-21H,14-19H2,1-8H3,(H,31,32)/t20-,21+. The summed E-state index contributed by atoms with van der Waals surface area (Å²) in [5.41, 5.74) is 2.09. The summed E-state index contributed by atoms with van der Waals surface area (Å²) >= 11 is 3.62. The van der Waals surface area contributed by atoms with Crippen LogP contribution in [0.25, 0.3) is 11.0 Å². The van der Waals surface area contributed by atoms with Crippen LogP contribution in [-0.4, -0.2) is 76.2 Å². The minimum Gasteiger partial charge on any atom is -0.444 e. The van der Waals surface area contributed by atoms with Gasteiger partial charge in [-0.15, -0.1) is 0 Å². The zero-order chi connectivity index (χ0) is 29.9. The molecule has 0 aliphatic carbocycles. The van der Waals surface area contributed by atoms with Gasteiger partial charge < -0.3 is 19.7 Å². The molecule has 1 fully saturated rings. The van der Waals surface area contributed by atoms with Crippen molar-refractivity contribution >= 4 is 52.6 Å². The van der Waals surface area contributed by atoms with Gasteiger partial charge in [0.2, 0.25) is 0 Å². The zero-order valence-electron chi connectivity index (χ0n) is 25.6. The lowest BCUT2D eigenvalue weighted by Crippen LogP contribution is -2.59. The van der Waals surface area contributed by atoms with Crippen molar-refractivity contribution in [3.8, 4) is 0 Å². The van der Waals surface area contributed by atoms with Gasteiger partial charge in [-0.05, 0) is 74.8 Å². The molecule has 10 nitrogen and oxygen atoms in total. The average Bonchev–Trinajstić information content (AvgIpc) is 3.19. The van der Waals surface area contributed by atoms with Crippen molar-refractivity contribution in [1.29, 1.82) is 0 Å². The summed E-state index contributed by atoms with van der Waals surface area (Å²) in [5, 5.41) is 9.07. The molecule has 0 unspecified atom stereocenters. The number of nitrogens with one attached hydrogen (secondary N) is 1. The van der Waals surface area contributed by atoms with Crippen LogP contribution in [0.3, 0.4) is 0 Å². The number of rotatable bonds is 9. The second kappa shape index (κ2) is 12.7. The van der Waals surface area contributed by atoms with Crippen LogP contribution in [-0.2, 0) is 22.7 Å². The molecule has 0 aromatic carbocycles. The highest BCUT2D eigenvalue weighted by molar-refractivity contribution is 9.10. The van der Waals surface area contributed by atoms with E-state index >= 15 is 0 Å². The molecular formula is C29H44BrN7O3Si. The third-order valence-electron chi connectivity index (χ3n) is 6.90. The number of hydrogen-bond acceptors (Lipinski definition) is 8. The van der Waals surface area contributed by atoms with E-state index in [1.54, 1.807) is 10.9 Å². The minimum absolute atomic E-state index is 0.00399. The lowest BCUT2D eigenvalue weighted by atomic mass is 10.1. The SMILES string of the molecule is C[C@@H]1CN(c2cccc(CNc3ccnc4c3c(Br)nn4COCC[Si](C)(C)C)n2)C[C@H](C)N1C(=O)OC(C)(C)C. The summed E-state index contributed by atoms with van der Waals surface area (Å²) in [5.74, 6) is 0.899. The van der Waals surface area contributed by atoms with Crippen LogP contribution in [0.5, 0.6) is 0 Å². The number of pyridine rings is 2. The number of amides is 1. The van der Waals surface area contributed by atoms with E-state index in [-0.39, 0.29) is 18.2 Å². The van der Waals surface area contributed by atoms with Crippen LogP contribution in [0, 0.1) is 0 Å². The molecule has 1 saturated heterocycles. The monoisotopic (exact) mass is 645 g/mol. The number of fused-ring (bicyclic) bond motifs is 1. The van der Waals surface area contributed by atoms with Crippen molar-refractivity contribution in [3.63, 3.8) is 0 Å². The Labute approximate surface area is 252 Å². The average molecular weight is 647 g/mol. The Kier molecular flexibility index (Phi) is 9.65. The molecule has 0 spiro atoms. The van der Waals surface area contributed by atoms with Crippen LogP contribution < -0.4 is 10.2 Å². The molecule has 3 aromatic heterocycles. The van der Waals surface area contributed by atoms with Crippen molar-refractivity contribution in [2.24, 2.45) is 0 Å². The van der Waals surface area contributed by atoms with Gasteiger partial charge in [0.25, 0.3) is 0 Å². The summed E-state index contributed by atoms with van der Waals surface area (Å²) < 4.78 is 14.1. The number of carbonyl (C=O) groups is 1. The molecule has 0 saturated carbocycles. The highest BCUT2D eigenvalue weighted by atomic mass is 79.9. The van der Waals surface area contributed by atoms with Crippen LogP contribution in [0.2, 0.25) is 25.7 Å². The Morgan fingerprint density at radius 1 is 1.15 bits per heavy atom. The first-order valence-corrected chi connectivity index (χ1v) is 18.8. The molecule has 0 bridgehead atoms. The normalized spacial score (nSPS) is 18.2. The van der Waals surface area contributed by atoms with Crippen molar-refractivity contribution in [2.75, 3.05) is 29.9 Å². The summed E-state index contributed by atoms with van der Waals surface area (Å²) in [7, 11) is -1.15. The van der Waals surface area contributed by atoms with Gasteiger partial charge in [-0.3, -0.25) is 4.90 Å². The van der Waals surface area contributed by atoms with Crippen molar-refractivity contribution in [2.45, 2.75) is 91.3 Å². The van der Waals surface area contributed by atoms with E-state index in [4.69, 9.17) is 14.5 Å². The maximum absolute atomic E-state index is 12.8. The fraction of sp³-hybridized carbons (Fsp3) is 0.586. The summed E-state index contributed by atoms with van der Waals surface area (Å²) in [6.07, 6.45) is 1.52. The number of nitrogens with zero attached hydrogens (tertiary/aromatic N) is 6. The van der Waals surface area contributed by atoms with E-state index in [2.05, 4.69) is 69.7 Å². The van der Waals surface area contributed by atoms with E-state index in [9.17, 15) is 4.79 Å². The highest BCUT2D eigenvalue weighted by Gasteiger charge is 2.36. The van der Waals surface area contributed by atoms with Gasteiger partial charge in [-0.25, -0.2) is 19.4 Å². The van der Waals surface area contributed by atoms with Gasteiger partial charge in [-0.1, -0.05) is 25.7 Å². The van der Waals surface area contributed by atoms with Gasteiger partial charge in [0.1, 0.15) is 22.8 Å². The van der Waals surface area contributed by atoms with Crippen LogP contribution >= 0.6 is 15.9 Å². The summed E-state index contributed by atoms with van der Waals surface area (Å²) in [6.45, 7) is 19.8. The lowest BCUT2D eigenvalue weighted by molar-refractivity contribution is 0.00560. The van der Waals surface area contributed by atoms with E-state index in [0.717, 1.165) is 45.5 Å². The van der Waals surface area contributed by atoms with E-state index < -0.39 is 13.7 Å². The molecule has 1 N–H and O–H groups in total. The second-order valence-electron chi connectivity index (χ2n) is 13.0. The molecule has 12 heteroatoms. The maximum Gasteiger partial charge on any atom is 0.410 e. The summed E-state index contributed by atoms with van der Waals surface area (Å²) in [4.78, 5) is 26.4. The molecule has 0 radical (unpaired) electrons. The number of halogens is 1. The molecule has 1 aliphatic rings. The number of hydrogen-bond donors (Lipinski definition) is 1. The predicted molar refractivity (Wildman–Crippen MR) is 170 cm³/mol. The third kappa shape index (κ3) is 8.20. The number of aromatic nitrogens is 4. The highest BCUT2D eigenvalue weighted by Crippen LogP contribution is 2.30. The van der Waals surface area contributed by atoms with Gasteiger partial charge in [0, 0.05) is 39.7 Å². The van der Waals surface area contributed by atoms with Crippen LogP contribution in [0.1, 0.15) is 40.3 Å². The smallest absolute Gasteiger partial charge is 0.410 e. The topological polar surface area (TPSA) is 97.6 Å². The van der Waals surface area contributed by atoms with Gasteiger partial charge in [0.05, 0.1) is 29.7 Å². The predicted octanol–water partition coefficient (Wildman–Crippen LogP) is 6.35. The molecule has 1 amide bonds. The Bertz CT molecular complexity index is 1340. The number of piperazine rings is 1. The molecule has 1 aliphatic heterocycles.